The van der Waals surface area contributed by atoms with Crippen LogP contribution < -0.4 is 14.2 Å². The fraction of sp³-hybridized carbons (Fsp3) is 0.208. The molecule has 9 heteroatoms. The molecule has 2 aliphatic heterocycles. The fourth-order valence-electron chi connectivity index (χ4n) is 4.21. The Kier molecular flexibility index (Phi) is 6.00. The highest BCUT2D eigenvalue weighted by Crippen LogP contribution is 2.51. The lowest BCUT2D eigenvalue weighted by atomic mass is 9.95. The molecule has 2 aliphatic rings. The van der Waals surface area contributed by atoms with E-state index in [1.807, 2.05) is 35.3 Å². The summed E-state index contributed by atoms with van der Waals surface area (Å²) in [5.74, 6) is 1.85. The van der Waals surface area contributed by atoms with Gasteiger partial charge in [0, 0.05) is 33.2 Å². The van der Waals surface area contributed by atoms with E-state index in [9.17, 15) is 0 Å². The van der Waals surface area contributed by atoms with Crippen LogP contribution in [0.5, 0.6) is 17.2 Å². The van der Waals surface area contributed by atoms with E-state index in [2.05, 4.69) is 0 Å². The molecule has 0 amide bonds. The number of hydrogen-bond donors (Lipinski definition) is 0. The van der Waals surface area contributed by atoms with Crippen molar-refractivity contribution in [1.82, 2.24) is 5.01 Å². The first-order valence-electron chi connectivity index (χ1n) is 10.1. The summed E-state index contributed by atoms with van der Waals surface area (Å²) in [6.07, 6.45) is 0.0214. The van der Waals surface area contributed by atoms with Gasteiger partial charge < -0.3 is 14.2 Å². The number of hydrogen-bond acceptors (Lipinski definition) is 5. The Bertz CT molecular complexity index is 1280. The number of ether oxygens (including phenoxy) is 3. The van der Waals surface area contributed by atoms with Crippen molar-refractivity contribution in [3.63, 3.8) is 0 Å². The zero-order chi connectivity index (χ0) is 23.3. The van der Waals surface area contributed by atoms with E-state index < -0.39 is 6.23 Å². The summed E-state index contributed by atoms with van der Waals surface area (Å²) >= 11 is 25.5. The molecule has 0 spiro atoms. The number of halogens is 4. The van der Waals surface area contributed by atoms with E-state index in [0.29, 0.717) is 43.8 Å². The lowest BCUT2D eigenvalue weighted by Gasteiger charge is -2.39. The molecule has 0 N–H and O–H groups in total. The minimum absolute atomic E-state index is 0.148. The minimum atomic E-state index is -0.594. The molecule has 0 saturated heterocycles. The molecule has 0 radical (unpaired) electrons. The highest BCUT2D eigenvalue weighted by Gasteiger charge is 2.42. The van der Waals surface area contributed by atoms with Gasteiger partial charge in [-0.15, -0.1) is 0 Å². The van der Waals surface area contributed by atoms with Gasteiger partial charge in [0.1, 0.15) is 5.75 Å². The number of rotatable bonds is 4. The van der Waals surface area contributed by atoms with Gasteiger partial charge in [0.05, 0.1) is 36.0 Å². The summed E-state index contributed by atoms with van der Waals surface area (Å²) in [5.41, 5.74) is 3.38. The number of fused-ring (bicyclic) bond motifs is 3. The van der Waals surface area contributed by atoms with Crippen molar-refractivity contribution in [3.05, 3.63) is 85.3 Å². The zero-order valence-electron chi connectivity index (χ0n) is 17.6. The number of benzene rings is 3. The van der Waals surface area contributed by atoms with Gasteiger partial charge in [0.25, 0.3) is 0 Å². The third kappa shape index (κ3) is 3.97. The van der Waals surface area contributed by atoms with Gasteiger partial charge in [0.2, 0.25) is 6.23 Å². The van der Waals surface area contributed by atoms with Crippen molar-refractivity contribution >= 4 is 52.1 Å². The van der Waals surface area contributed by atoms with Crippen LogP contribution in [0.25, 0.3) is 0 Å². The maximum atomic E-state index is 6.55. The van der Waals surface area contributed by atoms with Crippen molar-refractivity contribution in [2.45, 2.75) is 18.7 Å². The fourth-order valence-corrected chi connectivity index (χ4v) is 5.27. The molecule has 3 aromatic carbocycles. The van der Waals surface area contributed by atoms with E-state index in [0.717, 1.165) is 22.4 Å². The van der Waals surface area contributed by atoms with Crippen LogP contribution in [0.2, 0.25) is 20.1 Å². The van der Waals surface area contributed by atoms with Crippen LogP contribution in [-0.2, 0) is 0 Å². The average Bonchev–Trinajstić information content (AvgIpc) is 3.24. The Hall–Kier alpha value is -2.31. The first-order valence-corrected chi connectivity index (χ1v) is 11.6. The minimum Gasteiger partial charge on any atom is -0.493 e. The van der Waals surface area contributed by atoms with Crippen LogP contribution >= 0.6 is 46.4 Å². The van der Waals surface area contributed by atoms with Gasteiger partial charge in [0.15, 0.2) is 11.5 Å². The third-order valence-corrected chi connectivity index (χ3v) is 6.81. The summed E-state index contributed by atoms with van der Waals surface area (Å²) in [6, 6.07) is 14.4. The first kappa shape index (κ1) is 22.5. The molecule has 0 saturated carbocycles. The molecule has 5 nitrogen and oxygen atoms in total. The van der Waals surface area contributed by atoms with Crippen molar-refractivity contribution < 1.29 is 14.2 Å². The van der Waals surface area contributed by atoms with Crippen LogP contribution in [0, 0.1) is 0 Å². The molecule has 2 heterocycles. The second kappa shape index (κ2) is 8.80. The van der Waals surface area contributed by atoms with Crippen molar-refractivity contribution in [3.8, 4) is 17.2 Å². The molecule has 0 aliphatic carbocycles. The highest BCUT2D eigenvalue weighted by atomic mass is 35.5. The zero-order valence-corrected chi connectivity index (χ0v) is 20.6. The van der Waals surface area contributed by atoms with Crippen molar-refractivity contribution in [1.29, 1.82) is 0 Å². The average molecular weight is 524 g/mol. The van der Waals surface area contributed by atoms with Crippen LogP contribution in [-0.4, -0.2) is 24.9 Å². The van der Waals surface area contributed by atoms with Gasteiger partial charge in [-0.05, 0) is 42.5 Å². The molecule has 3 aromatic rings. The molecule has 0 bridgehead atoms. The Morgan fingerprint density at radius 2 is 1.61 bits per heavy atom. The SMILES string of the molecule is COc1ccc(C2=NN3C(C2)c2cc(Cl)cc(Cl)c2OC3c2ccc(Cl)cc2Cl)cc1OC. The van der Waals surface area contributed by atoms with Gasteiger partial charge in [-0.25, -0.2) is 5.01 Å². The highest BCUT2D eigenvalue weighted by molar-refractivity contribution is 6.36. The first-order chi connectivity index (χ1) is 15.9. The number of methoxy groups -OCH3 is 2. The van der Waals surface area contributed by atoms with Crippen molar-refractivity contribution in [2.24, 2.45) is 5.10 Å². The molecule has 170 valence electrons. The summed E-state index contributed by atoms with van der Waals surface area (Å²) in [4.78, 5) is 0. The van der Waals surface area contributed by atoms with Crippen LogP contribution in [0.15, 0.2) is 53.6 Å². The molecule has 2 unspecified atom stereocenters. The van der Waals surface area contributed by atoms with Crippen LogP contribution in [0.1, 0.15) is 35.4 Å². The molecule has 0 aromatic heterocycles. The van der Waals surface area contributed by atoms with Crippen LogP contribution in [0.3, 0.4) is 0 Å². The number of hydrazone groups is 1. The molecule has 33 heavy (non-hydrogen) atoms. The van der Waals surface area contributed by atoms with E-state index in [-0.39, 0.29) is 6.04 Å². The third-order valence-electron chi connectivity index (χ3n) is 5.75. The Balaban J connectivity index is 1.63. The lowest BCUT2D eigenvalue weighted by Crippen LogP contribution is -2.34. The maximum absolute atomic E-state index is 6.55. The Morgan fingerprint density at radius 1 is 0.848 bits per heavy atom. The molecule has 0 fully saturated rings. The standard InChI is InChI=1S/C24H18Cl4N2O3/c1-31-21-6-3-12(7-22(21)32-2)19-11-20-16-8-14(26)10-18(28)23(16)33-24(30(20)29-19)15-5-4-13(25)9-17(15)27/h3-10,20,24H,11H2,1-2H3. The van der Waals surface area contributed by atoms with Gasteiger partial charge >= 0.3 is 0 Å². The molecular formula is C24H18Cl4N2O3. The smallest absolute Gasteiger partial charge is 0.215 e. The maximum Gasteiger partial charge on any atom is 0.215 e. The molecule has 2 atom stereocenters. The van der Waals surface area contributed by atoms with Gasteiger partial charge in [-0.3, -0.25) is 0 Å². The van der Waals surface area contributed by atoms with Gasteiger partial charge in [-0.2, -0.15) is 5.10 Å². The van der Waals surface area contributed by atoms with E-state index in [1.165, 1.54) is 0 Å². The predicted octanol–water partition coefficient (Wildman–Crippen LogP) is 7.56. The monoisotopic (exact) mass is 522 g/mol. The van der Waals surface area contributed by atoms with Crippen molar-refractivity contribution in [2.75, 3.05) is 14.2 Å². The predicted molar refractivity (Wildman–Crippen MR) is 132 cm³/mol. The molecule has 5 rings (SSSR count). The second-order valence-electron chi connectivity index (χ2n) is 7.66. The second-order valence-corrected chi connectivity index (χ2v) is 9.35. The summed E-state index contributed by atoms with van der Waals surface area (Å²) < 4.78 is 17.2. The lowest BCUT2D eigenvalue weighted by molar-refractivity contribution is -0.0188. The van der Waals surface area contributed by atoms with E-state index in [4.69, 9.17) is 65.7 Å². The quantitative estimate of drug-likeness (QED) is 0.354. The largest absolute Gasteiger partial charge is 0.493 e. The van der Waals surface area contributed by atoms with Crippen LogP contribution in [0.4, 0.5) is 0 Å². The van der Waals surface area contributed by atoms with E-state index >= 15 is 0 Å². The Labute approximate surface area is 211 Å². The van der Waals surface area contributed by atoms with E-state index in [1.54, 1.807) is 32.4 Å². The van der Waals surface area contributed by atoms with Gasteiger partial charge in [-0.1, -0.05) is 52.5 Å². The molecular weight excluding hydrogens is 506 g/mol. The summed E-state index contributed by atoms with van der Waals surface area (Å²) in [7, 11) is 3.21. The summed E-state index contributed by atoms with van der Waals surface area (Å²) in [5, 5.41) is 8.83. The Morgan fingerprint density at radius 3 is 2.33 bits per heavy atom. The topological polar surface area (TPSA) is 43.3 Å². The number of nitrogens with zero attached hydrogens (tertiary/aromatic N) is 2. The summed E-state index contributed by atoms with van der Waals surface area (Å²) in [6.45, 7) is 0. The normalized spacial score (nSPS) is 18.8.